The zero-order valence-electron chi connectivity index (χ0n) is 15.5. The van der Waals surface area contributed by atoms with Crippen LogP contribution in [0.1, 0.15) is 25.7 Å². The van der Waals surface area contributed by atoms with E-state index in [-0.39, 0.29) is 71.0 Å². The Labute approximate surface area is 195 Å². The minimum atomic E-state index is 0. The normalized spacial score (nSPS) is 20.0. The number of hydrogen-bond acceptors (Lipinski definition) is 2. The first-order chi connectivity index (χ1) is 10.0. The van der Waals surface area contributed by atoms with Gasteiger partial charge in [-0.1, -0.05) is 0 Å². The summed E-state index contributed by atoms with van der Waals surface area (Å²) in [4.78, 5) is 0. The van der Waals surface area contributed by atoms with Crippen LogP contribution in [-0.2, 0) is 9.47 Å². The van der Waals surface area contributed by atoms with Crippen molar-refractivity contribution in [1.82, 2.24) is 0 Å². The average Bonchev–Trinajstić information content (AvgIpc) is 3.40. The van der Waals surface area contributed by atoms with Gasteiger partial charge >= 0.3 is 18.9 Å². The van der Waals surface area contributed by atoms with Crippen molar-refractivity contribution >= 4 is 0 Å². The summed E-state index contributed by atoms with van der Waals surface area (Å²) in [6.45, 7) is 4.00. The molecular weight excluding hydrogens is 446 g/mol. The Bertz CT molecular complexity index is 108. The van der Waals surface area contributed by atoms with Gasteiger partial charge in [0.05, 0.1) is 0 Å². The largest absolute Gasteiger partial charge is 1.00 e. The van der Waals surface area contributed by atoms with Gasteiger partial charge in [0.25, 0.3) is 0 Å². The molecular formula is C20H32ErLiO2-. The molecule has 0 atom stereocenters. The van der Waals surface area contributed by atoms with Crippen LogP contribution < -0.4 is 18.9 Å². The molecule has 2 heterocycles. The summed E-state index contributed by atoms with van der Waals surface area (Å²) >= 11 is 0. The van der Waals surface area contributed by atoms with Crippen LogP contribution in [0.4, 0.5) is 0 Å². The van der Waals surface area contributed by atoms with Crippen LogP contribution in [-0.4, -0.2) is 26.4 Å². The number of rotatable bonds is 0. The van der Waals surface area contributed by atoms with Gasteiger partial charge in [-0.25, -0.2) is 0 Å². The molecule has 24 heavy (non-hydrogen) atoms. The fourth-order valence-electron chi connectivity index (χ4n) is 1.66. The standard InChI is InChI=1S/2C5H5.2C4H8O.2CH3.Er.Li/c4*1-2-4-5-3-1;;;;/h2*1-5H;2*1-4H2;2*1H3;;/q;;;;2*-1;;+1. The van der Waals surface area contributed by atoms with Gasteiger partial charge in [-0.3, -0.25) is 0 Å². The maximum Gasteiger partial charge on any atom is 1.00 e. The van der Waals surface area contributed by atoms with Crippen molar-refractivity contribution in [3.63, 3.8) is 0 Å². The number of ether oxygens (including phenoxy) is 2. The van der Waals surface area contributed by atoms with E-state index in [1.807, 2.05) is 64.2 Å². The molecule has 2 aliphatic heterocycles. The van der Waals surface area contributed by atoms with Gasteiger partial charge in [0.15, 0.2) is 0 Å². The molecule has 0 amide bonds. The molecule has 0 unspecified atom stereocenters. The summed E-state index contributed by atoms with van der Waals surface area (Å²) in [5.41, 5.74) is 0. The molecule has 0 N–H and O–H groups in total. The van der Waals surface area contributed by atoms with E-state index in [1.54, 1.807) is 0 Å². The van der Waals surface area contributed by atoms with E-state index in [1.165, 1.54) is 25.7 Å². The van der Waals surface area contributed by atoms with E-state index in [2.05, 4.69) is 0 Å². The monoisotopic (exact) mass is 477 g/mol. The van der Waals surface area contributed by atoms with Crippen LogP contribution in [0.15, 0.2) is 0 Å². The van der Waals surface area contributed by atoms with E-state index in [0.29, 0.717) is 0 Å². The summed E-state index contributed by atoms with van der Waals surface area (Å²) in [7, 11) is 0. The Morgan fingerprint density at radius 3 is 0.667 bits per heavy atom. The smallest absolute Gasteiger partial charge is 0.381 e. The maximum absolute atomic E-state index is 4.94. The van der Waals surface area contributed by atoms with Gasteiger partial charge in [0.1, 0.15) is 0 Å². The van der Waals surface area contributed by atoms with Crippen LogP contribution in [0.3, 0.4) is 0 Å². The van der Waals surface area contributed by atoms with Crippen molar-refractivity contribution in [3.8, 4) is 0 Å². The third-order valence-electron chi connectivity index (χ3n) is 2.77. The summed E-state index contributed by atoms with van der Waals surface area (Å²) in [5.74, 6) is 0. The first kappa shape index (κ1) is 33.4. The van der Waals surface area contributed by atoms with Gasteiger partial charge in [-0.05, 0) is 89.9 Å². The Morgan fingerprint density at radius 2 is 0.583 bits per heavy atom. The summed E-state index contributed by atoms with van der Waals surface area (Å²) in [6.07, 6.45) is 25.1. The van der Waals surface area contributed by atoms with Gasteiger partial charge in [-0.2, -0.15) is 0 Å². The molecule has 2 saturated carbocycles. The molecule has 2 nitrogen and oxygen atoms in total. The van der Waals surface area contributed by atoms with E-state index in [0.717, 1.165) is 26.4 Å². The molecule has 0 bridgehead atoms. The van der Waals surface area contributed by atoms with Gasteiger partial charge in [0.2, 0.25) is 0 Å². The zero-order chi connectivity index (χ0) is 14.1. The topological polar surface area (TPSA) is 18.5 Å². The van der Waals surface area contributed by atoms with Crippen LogP contribution in [0.2, 0.25) is 0 Å². The molecule has 4 aliphatic rings. The maximum atomic E-state index is 4.94. The van der Waals surface area contributed by atoms with Crippen molar-refractivity contribution in [1.29, 1.82) is 0 Å². The first-order valence-electron chi connectivity index (χ1n) is 7.49. The quantitative estimate of drug-likeness (QED) is 0.389. The third-order valence-corrected chi connectivity index (χ3v) is 2.77. The Morgan fingerprint density at radius 1 is 0.417 bits per heavy atom. The van der Waals surface area contributed by atoms with Crippen molar-refractivity contribution in [2.24, 2.45) is 0 Å². The van der Waals surface area contributed by atoms with E-state index in [4.69, 9.17) is 9.47 Å². The van der Waals surface area contributed by atoms with E-state index in [9.17, 15) is 0 Å². The summed E-state index contributed by atoms with van der Waals surface area (Å²) < 4.78 is 9.89. The second-order valence-corrected chi connectivity index (χ2v) is 4.56. The molecule has 138 valence electrons. The summed E-state index contributed by atoms with van der Waals surface area (Å²) in [6, 6.07) is 0. The molecule has 0 spiro atoms. The molecule has 0 aromatic heterocycles. The first-order valence-corrected chi connectivity index (χ1v) is 7.49. The SMILES string of the molecule is C1CCOC1.C1CCOC1.[CH3-].[CH3-].[CH]1[CH][CH][CH][CH]1.[CH]1[CH][CH][CH][CH]1.[Er].[Li+]. The Hall–Kier alpha value is 1.76. The zero-order valence-corrected chi connectivity index (χ0v) is 17.4. The minimum absolute atomic E-state index is 0. The Kier molecular flexibility index (Phi) is 41.0. The third kappa shape index (κ3) is 26.0. The fourth-order valence-corrected chi connectivity index (χ4v) is 1.66. The van der Waals surface area contributed by atoms with Crippen LogP contribution in [0.25, 0.3) is 0 Å². The molecule has 4 heteroatoms. The molecule has 4 rings (SSSR count). The van der Waals surface area contributed by atoms with Gasteiger partial charge < -0.3 is 24.3 Å². The van der Waals surface area contributed by atoms with Crippen molar-refractivity contribution < 1.29 is 65.6 Å². The molecule has 0 aromatic rings. The van der Waals surface area contributed by atoms with Crippen molar-refractivity contribution in [3.05, 3.63) is 79.1 Å². The van der Waals surface area contributed by atoms with Gasteiger partial charge in [0, 0.05) is 63.7 Å². The molecule has 4 fully saturated rings. The number of hydrogen-bond donors (Lipinski definition) is 0. The predicted octanol–water partition coefficient (Wildman–Crippen LogP) is 1.54. The minimum Gasteiger partial charge on any atom is -0.381 e. The van der Waals surface area contributed by atoms with E-state index >= 15 is 0 Å². The average molecular weight is 479 g/mol. The van der Waals surface area contributed by atoms with Crippen molar-refractivity contribution in [2.45, 2.75) is 25.7 Å². The van der Waals surface area contributed by atoms with Crippen molar-refractivity contribution in [2.75, 3.05) is 26.4 Å². The second kappa shape index (κ2) is 29.5. The van der Waals surface area contributed by atoms with Crippen LogP contribution in [0.5, 0.6) is 0 Å². The van der Waals surface area contributed by atoms with Crippen LogP contribution in [0, 0.1) is 116 Å². The molecule has 0 aromatic carbocycles. The van der Waals surface area contributed by atoms with Crippen LogP contribution >= 0.6 is 0 Å². The molecule has 10 radical (unpaired) electrons. The van der Waals surface area contributed by atoms with Gasteiger partial charge in [-0.15, -0.1) is 0 Å². The predicted molar refractivity (Wildman–Crippen MR) is 95.9 cm³/mol. The molecule has 2 aliphatic carbocycles. The Balaban J connectivity index is -0.000000105. The van der Waals surface area contributed by atoms with E-state index < -0.39 is 0 Å². The molecule has 2 saturated heterocycles. The summed E-state index contributed by atoms with van der Waals surface area (Å²) in [5, 5.41) is 0. The fraction of sp³-hybridized carbons (Fsp3) is 0.400. The second-order valence-electron chi connectivity index (χ2n) is 4.56.